The molecule has 1 aliphatic heterocycles. The summed E-state index contributed by atoms with van der Waals surface area (Å²) in [6, 6.07) is 21.1. The number of hydrogen-bond donors (Lipinski definition) is 0. The molecule has 1 saturated heterocycles. The number of rotatable bonds is 3. The highest BCUT2D eigenvalue weighted by atomic mass is 35.5. The van der Waals surface area contributed by atoms with Crippen LogP contribution in [0.3, 0.4) is 0 Å². The Bertz CT molecular complexity index is 1430. The van der Waals surface area contributed by atoms with Crippen molar-refractivity contribution in [3.8, 4) is 11.1 Å². The second kappa shape index (κ2) is 8.99. The van der Waals surface area contributed by atoms with E-state index in [0.717, 1.165) is 27.8 Å². The van der Waals surface area contributed by atoms with Gasteiger partial charge in [0.1, 0.15) is 0 Å². The second-order valence-corrected chi connectivity index (χ2v) is 9.15. The number of amides is 1. The first-order valence-electron chi connectivity index (χ1n) is 11.4. The van der Waals surface area contributed by atoms with Crippen molar-refractivity contribution >= 4 is 34.0 Å². The van der Waals surface area contributed by atoms with Crippen LogP contribution < -0.4 is 10.5 Å². The molecule has 0 unspecified atom stereocenters. The van der Waals surface area contributed by atoms with Crippen molar-refractivity contribution < 1.29 is 9.21 Å². The Morgan fingerprint density at radius 2 is 1.56 bits per heavy atom. The molecule has 1 amide bonds. The van der Waals surface area contributed by atoms with Crippen molar-refractivity contribution in [2.75, 3.05) is 31.1 Å². The van der Waals surface area contributed by atoms with Gasteiger partial charge in [-0.3, -0.25) is 4.79 Å². The third kappa shape index (κ3) is 4.08. The quantitative estimate of drug-likeness (QED) is 0.384. The monoisotopic (exact) mass is 472 g/mol. The number of halogens is 1. The molecule has 1 aliphatic rings. The zero-order valence-corrected chi connectivity index (χ0v) is 19.9. The van der Waals surface area contributed by atoms with E-state index in [1.165, 1.54) is 0 Å². The molecular weight excluding hydrogens is 448 g/mol. The number of fused-ring (bicyclic) bond motifs is 1. The Labute approximate surface area is 203 Å². The zero-order valence-electron chi connectivity index (χ0n) is 19.2. The van der Waals surface area contributed by atoms with Crippen LogP contribution in [-0.4, -0.2) is 37.0 Å². The SMILES string of the molecule is Cc1ccc(-c2c(C(=O)N3CCN(c4cc(Cl)ccc4C)CC3)oc(=O)c3ccccc23)cc1. The smallest absolute Gasteiger partial charge is 0.344 e. The largest absolute Gasteiger partial charge is 0.416 e. The minimum absolute atomic E-state index is 0.0972. The maximum Gasteiger partial charge on any atom is 0.344 e. The summed E-state index contributed by atoms with van der Waals surface area (Å²) in [7, 11) is 0. The standard InChI is InChI=1S/C28H25ClN2O3/c1-18-7-10-20(11-8-18)25-22-5-3-4-6-23(22)28(33)34-26(25)27(32)31-15-13-30(14-16-31)24-17-21(29)12-9-19(24)2/h3-12,17H,13-16H2,1-2H3. The van der Waals surface area contributed by atoms with Gasteiger partial charge >= 0.3 is 5.63 Å². The van der Waals surface area contributed by atoms with Gasteiger partial charge in [-0.05, 0) is 43.2 Å². The van der Waals surface area contributed by atoms with Crippen LogP contribution in [0.2, 0.25) is 5.02 Å². The van der Waals surface area contributed by atoms with Crippen molar-refractivity contribution in [1.82, 2.24) is 4.90 Å². The number of aryl methyl sites for hydroxylation is 2. The minimum atomic E-state index is -0.497. The molecule has 1 aromatic heterocycles. The average Bonchev–Trinajstić information content (AvgIpc) is 2.86. The third-order valence-corrected chi connectivity index (χ3v) is 6.69. The molecule has 172 valence electrons. The Hall–Kier alpha value is -3.57. The van der Waals surface area contributed by atoms with Crippen LogP contribution in [-0.2, 0) is 0 Å². The van der Waals surface area contributed by atoms with Crippen LogP contribution in [0.15, 0.2) is 75.9 Å². The van der Waals surface area contributed by atoms with Gasteiger partial charge in [0, 0.05) is 47.8 Å². The molecule has 2 heterocycles. The van der Waals surface area contributed by atoms with E-state index in [4.69, 9.17) is 16.0 Å². The van der Waals surface area contributed by atoms with Crippen molar-refractivity contribution in [3.05, 3.63) is 99.1 Å². The first-order valence-corrected chi connectivity index (χ1v) is 11.7. The lowest BCUT2D eigenvalue weighted by Gasteiger charge is -2.36. The highest BCUT2D eigenvalue weighted by molar-refractivity contribution is 6.30. The number of hydrogen-bond acceptors (Lipinski definition) is 4. The summed E-state index contributed by atoms with van der Waals surface area (Å²) in [6.07, 6.45) is 0. The topological polar surface area (TPSA) is 53.8 Å². The first kappa shape index (κ1) is 22.2. The van der Waals surface area contributed by atoms with Gasteiger partial charge in [-0.2, -0.15) is 0 Å². The van der Waals surface area contributed by atoms with Crippen LogP contribution >= 0.6 is 11.6 Å². The molecule has 34 heavy (non-hydrogen) atoms. The van der Waals surface area contributed by atoms with E-state index in [9.17, 15) is 9.59 Å². The van der Waals surface area contributed by atoms with E-state index in [2.05, 4.69) is 11.8 Å². The number of carbonyl (C=O) groups is 1. The average molecular weight is 473 g/mol. The molecule has 5 rings (SSSR count). The van der Waals surface area contributed by atoms with E-state index in [0.29, 0.717) is 42.2 Å². The second-order valence-electron chi connectivity index (χ2n) is 8.72. The van der Waals surface area contributed by atoms with Crippen molar-refractivity contribution in [3.63, 3.8) is 0 Å². The summed E-state index contributed by atoms with van der Waals surface area (Å²) >= 11 is 6.21. The van der Waals surface area contributed by atoms with E-state index >= 15 is 0 Å². The summed E-state index contributed by atoms with van der Waals surface area (Å²) in [5, 5.41) is 1.88. The van der Waals surface area contributed by atoms with Crippen LogP contribution in [0.4, 0.5) is 5.69 Å². The van der Waals surface area contributed by atoms with E-state index in [1.807, 2.05) is 61.5 Å². The fourth-order valence-corrected chi connectivity index (χ4v) is 4.74. The van der Waals surface area contributed by atoms with Gasteiger partial charge in [0.2, 0.25) is 5.76 Å². The molecule has 0 radical (unpaired) electrons. The predicted octanol–water partition coefficient (Wildman–Crippen LogP) is 5.69. The fourth-order valence-electron chi connectivity index (χ4n) is 4.57. The molecule has 0 aliphatic carbocycles. The maximum atomic E-state index is 13.7. The molecule has 0 spiro atoms. The number of benzene rings is 3. The lowest BCUT2D eigenvalue weighted by atomic mass is 9.97. The van der Waals surface area contributed by atoms with Crippen LogP contribution in [0.25, 0.3) is 21.9 Å². The van der Waals surface area contributed by atoms with Gasteiger partial charge in [-0.1, -0.05) is 65.7 Å². The third-order valence-electron chi connectivity index (χ3n) is 6.45. The van der Waals surface area contributed by atoms with Gasteiger partial charge in [-0.15, -0.1) is 0 Å². The van der Waals surface area contributed by atoms with E-state index in [1.54, 1.807) is 17.0 Å². The van der Waals surface area contributed by atoms with E-state index < -0.39 is 5.63 Å². The minimum Gasteiger partial charge on any atom is -0.416 e. The molecule has 5 nitrogen and oxygen atoms in total. The molecule has 0 saturated carbocycles. The zero-order chi connectivity index (χ0) is 23.8. The van der Waals surface area contributed by atoms with Crippen molar-refractivity contribution in [1.29, 1.82) is 0 Å². The Morgan fingerprint density at radius 1 is 0.882 bits per heavy atom. The number of anilines is 1. The Kier molecular flexibility index (Phi) is 5.88. The highest BCUT2D eigenvalue weighted by Gasteiger charge is 2.28. The van der Waals surface area contributed by atoms with Crippen LogP contribution in [0.1, 0.15) is 21.7 Å². The predicted molar refractivity (Wildman–Crippen MR) is 137 cm³/mol. The van der Waals surface area contributed by atoms with Crippen LogP contribution in [0, 0.1) is 13.8 Å². The Balaban J connectivity index is 1.50. The van der Waals surface area contributed by atoms with Crippen molar-refractivity contribution in [2.45, 2.75) is 13.8 Å². The Morgan fingerprint density at radius 3 is 2.26 bits per heavy atom. The highest BCUT2D eigenvalue weighted by Crippen LogP contribution is 2.32. The molecule has 0 atom stereocenters. The maximum absolute atomic E-state index is 13.7. The van der Waals surface area contributed by atoms with Crippen LogP contribution in [0.5, 0.6) is 0 Å². The summed E-state index contributed by atoms with van der Waals surface area (Å²) in [5.74, 6) is -0.166. The van der Waals surface area contributed by atoms with Gasteiger partial charge in [0.15, 0.2) is 0 Å². The van der Waals surface area contributed by atoms with E-state index in [-0.39, 0.29) is 11.7 Å². The molecule has 0 bridgehead atoms. The molecule has 4 aromatic rings. The van der Waals surface area contributed by atoms with Gasteiger partial charge in [0.05, 0.1) is 5.39 Å². The normalized spacial score (nSPS) is 14.0. The lowest BCUT2D eigenvalue weighted by molar-refractivity contribution is 0.0711. The summed E-state index contributed by atoms with van der Waals surface area (Å²) in [5.41, 5.74) is 4.35. The van der Waals surface area contributed by atoms with Crippen molar-refractivity contribution in [2.24, 2.45) is 0 Å². The number of piperazine rings is 1. The molecule has 3 aromatic carbocycles. The number of nitrogens with zero attached hydrogens (tertiary/aromatic N) is 2. The molecule has 1 fully saturated rings. The fraction of sp³-hybridized carbons (Fsp3) is 0.214. The van der Waals surface area contributed by atoms with Gasteiger partial charge < -0.3 is 14.2 Å². The summed E-state index contributed by atoms with van der Waals surface area (Å²) in [6.45, 7) is 6.46. The van der Waals surface area contributed by atoms with Gasteiger partial charge in [0.25, 0.3) is 5.91 Å². The molecular formula is C28H25ClN2O3. The molecule has 6 heteroatoms. The summed E-state index contributed by atoms with van der Waals surface area (Å²) in [4.78, 5) is 30.5. The first-order chi connectivity index (χ1) is 16.4. The van der Waals surface area contributed by atoms with Gasteiger partial charge in [-0.25, -0.2) is 4.79 Å². The molecule has 0 N–H and O–H groups in total. The number of carbonyl (C=O) groups excluding carboxylic acids is 1. The lowest BCUT2D eigenvalue weighted by Crippen LogP contribution is -2.49. The summed E-state index contributed by atoms with van der Waals surface area (Å²) < 4.78 is 5.69.